The van der Waals surface area contributed by atoms with Gasteiger partial charge in [0.15, 0.2) is 0 Å². The molecule has 1 aliphatic heterocycles. The molecule has 0 aromatic heterocycles. The van der Waals surface area contributed by atoms with Gasteiger partial charge in [0, 0.05) is 18.7 Å². The molecule has 0 bridgehead atoms. The number of anilines is 1. The first kappa shape index (κ1) is 21.0. The van der Waals surface area contributed by atoms with Gasteiger partial charge in [0.1, 0.15) is 24.0 Å². The number of carbonyl (C=O) groups is 1. The number of amides is 1. The number of nitriles is 1. The lowest BCUT2D eigenvalue weighted by Crippen LogP contribution is -2.26. The number of hydrogen-bond acceptors (Lipinski definition) is 5. The molecule has 1 amide bonds. The topological polar surface area (TPSA) is 74.6 Å². The first-order chi connectivity index (χ1) is 15.0. The number of nitrogens with one attached hydrogen (secondary N) is 1. The van der Waals surface area contributed by atoms with Gasteiger partial charge in [-0.3, -0.25) is 4.79 Å². The fourth-order valence-electron chi connectivity index (χ4n) is 3.95. The minimum Gasteiger partial charge on any atom is -0.490 e. The average molecular weight is 420 g/mol. The average Bonchev–Trinajstić information content (AvgIpc) is 3.44. The maximum atomic E-state index is 11.6. The minimum absolute atomic E-state index is 0.126. The zero-order valence-electron chi connectivity index (χ0n) is 18.1. The van der Waals surface area contributed by atoms with Gasteiger partial charge in [0.2, 0.25) is 5.91 Å². The van der Waals surface area contributed by atoms with Crippen LogP contribution in [0.15, 0.2) is 42.5 Å². The van der Waals surface area contributed by atoms with Crippen LogP contribution in [0.2, 0.25) is 0 Å². The largest absolute Gasteiger partial charge is 0.490 e. The molecular weight excluding hydrogens is 390 g/mol. The van der Waals surface area contributed by atoms with Crippen LogP contribution in [0.3, 0.4) is 0 Å². The molecule has 2 fully saturated rings. The fraction of sp³-hybridized carbons (Fsp3) is 0.440. The Labute approximate surface area is 183 Å². The van der Waals surface area contributed by atoms with Crippen LogP contribution in [-0.4, -0.2) is 31.2 Å². The molecule has 0 radical (unpaired) electrons. The van der Waals surface area contributed by atoms with Crippen molar-refractivity contribution in [3.63, 3.8) is 0 Å². The molecule has 1 saturated carbocycles. The highest BCUT2D eigenvalue weighted by molar-refractivity contribution is 5.78. The molecule has 162 valence electrons. The molecule has 1 saturated heterocycles. The molecule has 2 aliphatic rings. The predicted octanol–water partition coefficient (Wildman–Crippen LogP) is 4.28. The van der Waals surface area contributed by atoms with Gasteiger partial charge in [-0.1, -0.05) is 12.1 Å². The van der Waals surface area contributed by atoms with Gasteiger partial charge in [0.25, 0.3) is 0 Å². The molecule has 2 aromatic rings. The van der Waals surface area contributed by atoms with Crippen molar-refractivity contribution in [1.82, 2.24) is 5.32 Å². The number of nitrogens with zero attached hydrogens (tertiary/aromatic N) is 2. The van der Waals surface area contributed by atoms with E-state index in [9.17, 15) is 4.79 Å². The van der Waals surface area contributed by atoms with Crippen molar-refractivity contribution < 1.29 is 14.3 Å². The van der Waals surface area contributed by atoms with Crippen molar-refractivity contribution in [3.05, 3.63) is 53.6 Å². The second-order valence-corrected chi connectivity index (χ2v) is 8.43. The van der Waals surface area contributed by atoms with E-state index in [-0.39, 0.29) is 24.5 Å². The second kappa shape index (κ2) is 9.30. The summed E-state index contributed by atoms with van der Waals surface area (Å²) in [7, 11) is 0. The van der Waals surface area contributed by atoms with Gasteiger partial charge in [-0.05, 0) is 68.1 Å². The van der Waals surface area contributed by atoms with Crippen LogP contribution in [0.4, 0.5) is 5.69 Å². The number of rotatable bonds is 8. The van der Waals surface area contributed by atoms with Crippen molar-refractivity contribution in [2.75, 3.05) is 18.0 Å². The first-order valence-electron chi connectivity index (χ1n) is 11.0. The van der Waals surface area contributed by atoms with Gasteiger partial charge in [-0.15, -0.1) is 0 Å². The molecule has 2 aromatic carbocycles. The van der Waals surface area contributed by atoms with E-state index in [1.54, 1.807) is 0 Å². The normalized spacial score (nSPS) is 18.9. The number of ether oxygens (including phenoxy) is 2. The van der Waals surface area contributed by atoms with Crippen molar-refractivity contribution in [1.29, 1.82) is 5.26 Å². The third-order valence-electron chi connectivity index (χ3n) is 5.78. The summed E-state index contributed by atoms with van der Waals surface area (Å²) >= 11 is 0. The zero-order valence-corrected chi connectivity index (χ0v) is 18.1. The van der Waals surface area contributed by atoms with Crippen LogP contribution in [-0.2, 0) is 4.79 Å². The third kappa shape index (κ3) is 5.49. The lowest BCUT2D eigenvalue weighted by molar-refractivity contribution is -0.120. The molecule has 2 atom stereocenters. The third-order valence-corrected chi connectivity index (χ3v) is 5.78. The van der Waals surface area contributed by atoms with E-state index in [2.05, 4.69) is 35.3 Å². The second-order valence-electron chi connectivity index (χ2n) is 8.43. The van der Waals surface area contributed by atoms with Gasteiger partial charge >= 0.3 is 0 Å². The van der Waals surface area contributed by atoms with Crippen LogP contribution >= 0.6 is 0 Å². The highest BCUT2D eigenvalue weighted by Crippen LogP contribution is 2.32. The van der Waals surface area contributed by atoms with E-state index in [1.807, 2.05) is 37.3 Å². The summed E-state index contributed by atoms with van der Waals surface area (Å²) in [4.78, 5) is 14.0. The van der Waals surface area contributed by atoms with Crippen molar-refractivity contribution in [2.24, 2.45) is 0 Å². The summed E-state index contributed by atoms with van der Waals surface area (Å²) in [5.74, 6) is 1.54. The van der Waals surface area contributed by atoms with Crippen molar-refractivity contribution >= 4 is 11.6 Å². The monoisotopic (exact) mass is 419 g/mol. The van der Waals surface area contributed by atoms with Crippen LogP contribution in [0, 0.1) is 18.3 Å². The Morgan fingerprint density at radius 1 is 1.13 bits per heavy atom. The first-order valence-corrected chi connectivity index (χ1v) is 11.0. The maximum Gasteiger partial charge on any atom is 0.234 e. The molecular formula is C25H29N3O3. The van der Waals surface area contributed by atoms with E-state index in [0.717, 1.165) is 36.6 Å². The van der Waals surface area contributed by atoms with Gasteiger partial charge in [-0.2, -0.15) is 5.26 Å². The lowest BCUT2D eigenvalue weighted by atomic mass is 10.1. The van der Waals surface area contributed by atoms with Crippen molar-refractivity contribution in [2.45, 2.75) is 57.8 Å². The number of carbonyl (C=O) groups excluding carboxylic acids is 1. The summed E-state index contributed by atoms with van der Waals surface area (Å²) in [6, 6.07) is 15.9. The predicted molar refractivity (Wildman–Crippen MR) is 119 cm³/mol. The molecule has 6 heteroatoms. The molecule has 31 heavy (non-hydrogen) atoms. The van der Waals surface area contributed by atoms with Crippen LogP contribution in [0.1, 0.15) is 49.8 Å². The van der Waals surface area contributed by atoms with E-state index >= 15 is 0 Å². The molecule has 0 spiro atoms. The van der Waals surface area contributed by atoms with E-state index < -0.39 is 0 Å². The maximum absolute atomic E-state index is 11.6. The van der Waals surface area contributed by atoms with Crippen LogP contribution < -0.4 is 19.7 Å². The summed E-state index contributed by atoms with van der Waals surface area (Å²) in [5.41, 5.74) is 3.46. The summed E-state index contributed by atoms with van der Waals surface area (Å²) in [6.45, 7) is 5.86. The summed E-state index contributed by atoms with van der Waals surface area (Å²) in [6.07, 6.45) is 3.74. The summed E-state index contributed by atoms with van der Waals surface area (Å²) in [5, 5.41) is 11.4. The summed E-state index contributed by atoms with van der Waals surface area (Å²) < 4.78 is 12.1. The Bertz CT molecular complexity index is 963. The Kier molecular flexibility index (Phi) is 6.31. The minimum atomic E-state index is -0.260. The van der Waals surface area contributed by atoms with Crippen LogP contribution in [0.25, 0.3) is 0 Å². The molecule has 1 N–H and O–H groups in total. The number of aryl methyl sites for hydroxylation is 1. The van der Waals surface area contributed by atoms with Crippen molar-refractivity contribution in [3.8, 4) is 17.6 Å². The molecule has 0 unspecified atom stereocenters. The Morgan fingerprint density at radius 3 is 2.52 bits per heavy atom. The highest BCUT2D eigenvalue weighted by atomic mass is 16.5. The fourth-order valence-corrected chi connectivity index (χ4v) is 3.95. The Hall–Kier alpha value is -3.20. The van der Waals surface area contributed by atoms with Gasteiger partial charge in [0.05, 0.1) is 24.8 Å². The Balaban J connectivity index is 1.31. The zero-order chi connectivity index (χ0) is 21.8. The molecule has 6 nitrogen and oxygen atoms in total. The molecule has 1 aliphatic carbocycles. The SMILES string of the molecule is Cc1cc(OC2CC2)ccc1N1CC[C@@H](Oc2ccc([C@H](C)NC(=O)CC#N)cc2)C1. The molecule has 1 heterocycles. The molecule has 4 rings (SSSR count). The van der Waals surface area contributed by atoms with E-state index in [0.29, 0.717) is 6.10 Å². The van der Waals surface area contributed by atoms with E-state index in [1.165, 1.54) is 24.1 Å². The standard InChI is InChI=1S/C25H29N3O3/c1-17-15-22(30-21-7-8-21)9-10-24(17)28-14-12-23(16-28)31-20-5-3-19(4-6-20)18(2)27-25(29)11-13-26/h3-6,9-10,15,18,21,23H,7-8,11-12,14,16H2,1-2H3,(H,27,29)/t18-,23+/m0/s1. The highest BCUT2D eigenvalue weighted by Gasteiger charge is 2.26. The number of benzene rings is 2. The Morgan fingerprint density at radius 2 is 1.84 bits per heavy atom. The number of hydrogen-bond donors (Lipinski definition) is 1. The van der Waals surface area contributed by atoms with E-state index in [4.69, 9.17) is 14.7 Å². The lowest BCUT2D eigenvalue weighted by Gasteiger charge is -2.22. The van der Waals surface area contributed by atoms with Gasteiger partial charge in [-0.25, -0.2) is 0 Å². The smallest absolute Gasteiger partial charge is 0.234 e. The van der Waals surface area contributed by atoms with Gasteiger partial charge < -0.3 is 19.7 Å². The quantitative estimate of drug-likeness (QED) is 0.691. The van der Waals surface area contributed by atoms with Crippen LogP contribution in [0.5, 0.6) is 11.5 Å².